The van der Waals surface area contributed by atoms with Gasteiger partial charge in [0.15, 0.2) is 0 Å². The molecule has 88 valence electrons. The van der Waals surface area contributed by atoms with Crippen molar-refractivity contribution in [3.8, 4) is 0 Å². The summed E-state index contributed by atoms with van der Waals surface area (Å²) in [5, 5.41) is 7.54. The third-order valence-corrected chi connectivity index (χ3v) is 2.30. The predicted molar refractivity (Wildman–Crippen MR) is 57.8 cm³/mol. The number of aromatic nitrogens is 1. The third-order valence-electron chi connectivity index (χ3n) is 2.30. The first-order chi connectivity index (χ1) is 7.89. The minimum Gasteiger partial charge on any atom is -0.382 e. The molecule has 0 atom stereocenters. The number of fused-ring (bicyclic) bond motifs is 1. The highest BCUT2D eigenvalue weighted by Gasteiger charge is 2.33. The van der Waals surface area contributed by atoms with Gasteiger partial charge in [-0.1, -0.05) is 18.2 Å². The summed E-state index contributed by atoms with van der Waals surface area (Å²) in [6.07, 6.45) is -4.47. The number of para-hydroxylation sites is 1. The molecule has 6 heteroatoms. The van der Waals surface area contributed by atoms with Crippen LogP contribution in [0.1, 0.15) is 11.3 Å². The average Bonchev–Trinajstić information content (AvgIpc) is 2.26. The van der Waals surface area contributed by atoms with Crippen LogP contribution in [0.3, 0.4) is 0 Å². The van der Waals surface area contributed by atoms with Gasteiger partial charge in [0.25, 0.3) is 0 Å². The molecular formula is C11H8F3N3. The van der Waals surface area contributed by atoms with E-state index in [2.05, 4.69) is 4.98 Å². The van der Waals surface area contributed by atoms with Crippen LogP contribution in [0, 0.1) is 5.41 Å². The summed E-state index contributed by atoms with van der Waals surface area (Å²) in [6.45, 7) is 0. The lowest BCUT2D eigenvalue weighted by molar-refractivity contribution is -0.136. The molecule has 0 spiro atoms. The maximum Gasteiger partial charge on any atom is 0.418 e. The Balaban J connectivity index is 2.77. The molecule has 2 aromatic rings. The monoisotopic (exact) mass is 239 g/mol. The lowest BCUT2D eigenvalue weighted by atomic mass is 10.1. The van der Waals surface area contributed by atoms with Gasteiger partial charge in [-0.25, -0.2) is 4.98 Å². The van der Waals surface area contributed by atoms with Gasteiger partial charge in [0.2, 0.25) is 0 Å². The normalized spacial score (nSPS) is 11.7. The Morgan fingerprint density at radius 2 is 1.88 bits per heavy atom. The molecule has 17 heavy (non-hydrogen) atoms. The Labute approximate surface area is 94.6 Å². The van der Waals surface area contributed by atoms with Crippen LogP contribution in [0.4, 0.5) is 13.2 Å². The van der Waals surface area contributed by atoms with E-state index < -0.39 is 11.7 Å². The topological polar surface area (TPSA) is 62.8 Å². The van der Waals surface area contributed by atoms with Crippen molar-refractivity contribution in [2.24, 2.45) is 5.73 Å². The summed E-state index contributed by atoms with van der Waals surface area (Å²) >= 11 is 0. The lowest BCUT2D eigenvalue weighted by Crippen LogP contribution is -2.14. The number of halogens is 3. The fourth-order valence-electron chi connectivity index (χ4n) is 1.53. The van der Waals surface area contributed by atoms with E-state index in [0.29, 0.717) is 5.39 Å². The summed E-state index contributed by atoms with van der Waals surface area (Å²) in [5.74, 6) is -0.358. The van der Waals surface area contributed by atoms with Crippen LogP contribution in [-0.2, 0) is 6.18 Å². The van der Waals surface area contributed by atoms with Crippen molar-refractivity contribution in [3.05, 3.63) is 41.6 Å². The molecule has 3 nitrogen and oxygen atoms in total. The van der Waals surface area contributed by atoms with E-state index in [4.69, 9.17) is 11.1 Å². The van der Waals surface area contributed by atoms with Crippen LogP contribution in [0.5, 0.6) is 0 Å². The third kappa shape index (κ3) is 2.06. The summed E-state index contributed by atoms with van der Waals surface area (Å²) in [6, 6.07) is 6.69. The number of nitrogens with two attached hydrogens (primary N) is 1. The van der Waals surface area contributed by atoms with Gasteiger partial charge in [-0.2, -0.15) is 13.2 Å². The first-order valence-electron chi connectivity index (χ1n) is 4.71. The number of nitrogens with one attached hydrogen (secondary N) is 1. The second-order valence-electron chi connectivity index (χ2n) is 3.49. The number of rotatable bonds is 1. The minimum atomic E-state index is -4.47. The summed E-state index contributed by atoms with van der Waals surface area (Å²) in [4.78, 5) is 3.77. The van der Waals surface area contributed by atoms with Crippen molar-refractivity contribution in [2.45, 2.75) is 6.18 Å². The zero-order valence-electron chi connectivity index (χ0n) is 8.55. The van der Waals surface area contributed by atoms with Gasteiger partial charge >= 0.3 is 6.18 Å². The quantitative estimate of drug-likeness (QED) is 0.593. The molecule has 0 saturated heterocycles. The molecule has 0 aliphatic carbocycles. The average molecular weight is 239 g/mol. The molecule has 0 unspecified atom stereocenters. The molecular weight excluding hydrogens is 231 g/mol. The fraction of sp³-hybridized carbons (Fsp3) is 0.0909. The van der Waals surface area contributed by atoms with Gasteiger partial charge in [0.1, 0.15) is 11.5 Å². The number of alkyl halides is 3. The molecule has 0 amide bonds. The van der Waals surface area contributed by atoms with E-state index in [-0.39, 0.29) is 17.0 Å². The Bertz CT molecular complexity index is 590. The van der Waals surface area contributed by atoms with Gasteiger partial charge in [-0.15, -0.1) is 0 Å². The zero-order chi connectivity index (χ0) is 12.6. The lowest BCUT2D eigenvalue weighted by Gasteiger charge is -2.10. The Kier molecular flexibility index (Phi) is 2.49. The molecule has 0 aliphatic heterocycles. The number of hydrogen-bond donors (Lipinski definition) is 2. The first-order valence-corrected chi connectivity index (χ1v) is 4.71. The van der Waals surface area contributed by atoms with E-state index in [9.17, 15) is 13.2 Å². The van der Waals surface area contributed by atoms with E-state index in [1.165, 1.54) is 24.3 Å². The van der Waals surface area contributed by atoms with E-state index in [0.717, 1.165) is 6.07 Å². The zero-order valence-corrected chi connectivity index (χ0v) is 8.55. The van der Waals surface area contributed by atoms with Crippen LogP contribution in [-0.4, -0.2) is 10.8 Å². The standard InChI is InChI=1S/C11H8F3N3/c12-11(13,14)7-3-1-2-6-4-5-8(10(15)16)17-9(6)7/h1-5H,(H3,15,16). The van der Waals surface area contributed by atoms with Gasteiger partial charge in [-0.3, -0.25) is 5.41 Å². The Morgan fingerprint density at radius 3 is 2.47 bits per heavy atom. The van der Waals surface area contributed by atoms with Crippen LogP contribution in [0.15, 0.2) is 30.3 Å². The summed E-state index contributed by atoms with van der Waals surface area (Å²) in [7, 11) is 0. The molecule has 1 aromatic heterocycles. The van der Waals surface area contributed by atoms with E-state index >= 15 is 0 Å². The highest BCUT2D eigenvalue weighted by molar-refractivity contribution is 5.96. The fourth-order valence-corrected chi connectivity index (χ4v) is 1.53. The predicted octanol–water partition coefficient (Wildman–Crippen LogP) is 2.54. The molecule has 0 saturated carbocycles. The van der Waals surface area contributed by atoms with Crippen molar-refractivity contribution in [3.63, 3.8) is 0 Å². The van der Waals surface area contributed by atoms with E-state index in [1.54, 1.807) is 0 Å². The first kappa shape index (κ1) is 11.4. The van der Waals surface area contributed by atoms with Crippen LogP contribution >= 0.6 is 0 Å². The van der Waals surface area contributed by atoms with Crippen LogP contribution in [0.25, 0.3) is 10.9 Å². The molecule has 0 fully saturated rings. The number of pyridine rings is 1. The van der Waals surface area contributed by atoms with Gasteiger partial charge in [0, 0.05) is 5.39 Å². The molecule has 2 rings (SSSR count). The maximum atomic E-state index is 12.7. The number of nitrogens with zero attached hydrogens (tertiary/aromatic N) is 1. The minimum absolute atomic E-state index is 0.0363. The van der Waals surface area contributed by atoms with Crippen molar-refractivity contribution < 1.29 is 13.2 Å². The maximum absolute atomic E-state index is 12.7. The number of nitrogen functional groups attached to an aromatic ring is 1. The smallest absolute Gasteiger partial charge is 0.382 e. The molecule has 1 heterocycles. The molecule has 3 N–H and O–H groups in total. The Hall–Kier alpha value is -2.11. The summed E-state index contributed by atoms with van der Waals surface area (Å²) < 4.78 is 38.2. The second-order valence-corrected chi connectivity index (χ2v) is 3.49. The van der Waals surface area contributed by atoms with Gasteiger partial charge < -0.3 is 5.73 Å². The second kappa shape index (κ2) is 3.73. The SMILES string of the molecule is N=C(N)c1ccc2cccc(C(F)(F)F)c2n1. The molecule has 0 radical (unpaired) electrons. The van der Waals surface area contributed by atoms with Crippen molar-refractivity contribution >= 4 is 16.7 Å². The van der Waals surface area contributed by atoms with Gasteiger partial charge in [-0.05, 0) is 12.1 Å². The molecule has 0 bridgehead atoms. The van der Waals surface area contributed by atoms with Crippen molar-refractivity contribution in [2.75, 3.05) is 0 Å². The number of benzene rings is 1. The Morgan fingerprint density at radius 1 is 1.18 bits per heavy atom. The van der Waals surface area contributed by atoms with Crippen molar-refractivity contribution in [1.29, 1.82) is 5.41 Å². The van der Waals surface area contributed by atoms with E-state index in [1.807, 2.05) is 0 Å². The molecule has 0 aliphatic rings. The van der Waals surface area contributed by atoms with Gasteiger partial charge in [0.05, 0.1) is 11.1 Å². The van der Waals surface area contributed by atoms with Crippen LogP contribution in [0.2, 0.25) is 0 Å². The molecule has 1 aromatic carbocycles. The number of amidine groups is 1. The largest absolute Gasteiger partial charge is 0.418 e. The van der Waals surface area contributed by atoms with Crippen molar-refractivity contribution in [1.82, 2.24) is 4.98 Å². The highest BCUT2D eigenvalue weighted by atomic mass is 19.4. The number of hydrogen-bond acceptors (Lipinski definition) is 2. The highest BCUT2D eigenvalue weighted by Crippen LogP contribution is 2.33. The summed E-state index contributed by atoms with van der Waals surface area (Å²) in [5.41, 5.74) is 4.23. The van der Waals surface area contributed by atoms with Crippen LogP contribution < -0.4 is 5.73 Å².